The highest BCUT2D eigenvalue weighted by Gasteiger charge is 2.36. The summed E-state index contributed by atoms with van der Waals surface area (Å²) in [5.41, 5.74) is 0.153. The fourth-order valence-electron chi connectivity index (χ4n) is 3.09. The third-order valence-electron chi connectivity index (χ3n) is 4.42. The molecule has 0 aliphatic heterocycles. The van der Waals surface area contributed by atoms with Gasteiger partial charge in [-0.15, -0.1) is 11.6 Å². The van der Waals surface area contributed by atoms with Crippen molar-refractivity contribution >= 4 is 17.5 Å². The molecule has 0 aromatic carbocycles. The Bertz CT molecular complexity index is 283. The topological polar surface area (TPSA) is 32.3 Å². The van der Waals surface area contributed by atoms with Gasteiger partial charge in [-0.05, 0) is 45.7 Å². The van der Waals surface area contributed by atoms with Crippen molar-refractivity contribution in [3.8, 4) is 0 Å². The molecule has 1 N–H and O–H groups in total. The minimum Gasteiger partial charge on any atom is -0.354 e. The van der Waals surface area contributed by atoms with Crippen molar-refractivity contribution in [2.24, 2.45) is 5.92 Å². The first-order valence-electron chi connectivity index (χ1n) is 7.50. The van der Waals surface area contributed by atoms with Gasteiger partial charge in [-0.25, -0.2) is 0 Å². The standard InChI is InChI=1S/C15H29ClN2O/c1-13-7-6-9-15(11-13,18(2)3)12-17-14(19)8-4-5-10-16/h13H,4-12H2,1-3H3,(H,17,19). The number of likely N-dealkylation sites (N-methyl/N-ethyl adjacent to an activating group) is 1. The van der Waals surface area contributed by atoms with Gasteiger partial charge in [0.2, 0.25) is 5.91 Å². The molecule has 4 heteroatoms. The number of halogens is 1. The van der Waals surface area contributed by atoms with Gasteiger partial charge in [-0.2, -0.15) is 0 Å². The Balaban J connectivity index is 2.43. The number of hydrogen-bond acceptors (Lipinski definition) is 2. The van der Waals surface area contributed by atoms with Crippen LogP contribution in [0.3, 0.4) is 0 Å². The van der Waals surface area contributed by atoms with Gasteiger partial charge in [-0.3, -0.25) is 4.79 Å². The maximum atomic E-state index is 11.8. The molecule has 2 unspecified atom stereocenters. The number of carbonyl (C=O) groups is 1. The quantitative estimate of drug-likeness (QED) is 0.577. The van der Waals surface area contributed by atoms with E-state index in [4.69, 9.17) is 11.6 Å². The van der Waals surface area contributed by atoms with Crippen LogP contribution < -0.4 is 5.32 Å². The van der Waals surface area contributed by atoms with E-state index in [1.54, 1.807) is 0 Å². The Kier molecular flexibility index (Phi) is 7.16. The number of rotatable bonds is 7. The summed E-state index contributed by atoms with van der Waals surface area (Å²) in [6.45, 7) is 3.10. The maximum Gasteiger partial charge on any atom is 0.220 e. The Labute approximate surface area is 123 Å². The molecule has 3 nitrogen and oxygen atoms in total. The molecule has 0 heterocycles. The normalized spacial score (nSPS) is 27.5. The molecule has 1 fully saturated rings. The van der Waals surface area contributed by atoms with E-state index in [-0.39, 0.29) is 11.4 Å². The molecule has 1 aliphatic rings. The average molecular weight is 289 g/mol. The highest BCUT2D eigenvalue weighted by atomic mass is 35.5. The van der Waals surface area contributed by atoms with Gasteiger partial charge >= 0.3 is 0 Å². The summed E-state index contributed by atoms with van der Waals surface area (Å²) >= 11 is 5.63. The first kappa shape index (κ1) is 16.8. The summed E-state index contributed by atoms with van der Waals surface area (Å²) in [5, 5.41) is 3.13. The Morgan fingerprint density at radius 3 is 2.74 bits per heavy atom. The molecular formula is C15H29ClN2O. The molecule has 0 bridgehead atoms. The third kappa shape index (κ3) is 5.31. The molecule has 1 saturated carbocycles. The van der Waals surface area contributed by atoms with Crippen LogP contribution in [0.2, 0.25) is 0 Å². The summed E-state index contributed by atoms with van der Waals surface area (Å²) < 4.78 is 0. The lowest BCUT2D eigenvalue weighted by Gasteiger charge is -2.45. The van der Waals surface area contributed by atoms with Gasteiger partial charge in [-0.1, -0.05) is 19.8 Å². The van der Waals surface area contributed by atoms with Gasteiger partial charge < -0.3 is 10.2 Å². The number of amides is 1. The number of nitrogens with zero attached hydrogens (tertiary/aromatic N) is 1. The molecule has 1 aliphatic carbocycles. The summed E-state index contributed by atoms with van der Waals surface area (Å²) in [6.07, 6.45) is 7.37. The number of alkyl halides is 1. The van der Waals surface area contributed by atoms with Crippen molar-refractivity contribution in [3.05, 3.63) is 0 Å². The van der Waals surface area contributed by atoms with Gasteiger partial charge in [0.1, 0.15) is 0 Å². The lowest BCUT2D eigenvalue weighted by Crippen LogP contribution is -2.55. The monoisotopic (exact) mass is 288 g/mol. The predicted molar refractivity (Wildman–Crippen MR) is 81.6 cm³/mol. The van der Waals surface area contributed by atoms with Crippen LogP contribution in [-0.2, 0) is 4.79 Å². The minimum atomic E-state index is 0.153. The fraction of sp³-hybridized carbons (Fsp3) is 0.933. The smallest absolute Gasteiger partial charge is 0.220 e. The van der Waals surface area contributed by atoms with Crippen LogP contribution in [0, 0.1) is 5.92 Å². The van der Waals surface area contributed by atoms with E-state index in [2.05, 4.69) is 31.2 Å². The molecule has 1 amide bonds. The van der Waals surface area contributed by atoms with Gasteiger partial charge in [0.25, 0.3) is 0 Å². The Hall–Kier alpha value is -0.280. The second-order valence-corrected chi connectivity index (χ2v) is 6.62. The number of nitrogens with one attached hydrogen (secondary N) is 1. The average Bonchev–Trinajstić information content (AvgIpc) is 2.36. The van der Waals surface area contributed by atoms with Crippen LogP contribution >= 0.6 is 11.6 Å². The highest BCUT2D eigenvalue weighted by Crippen LogP contribution is 2.35. The van der Waals surface area contributed by atoms with E-state index < -0.39 is 0 Å². The predicted octanol–water partition coefficient (Wildman–Crippen LogP) is 3.02. The summed E-state index contributed by atoms with van der Waals surface area (Å²) in [4.78, 5) is 14.1. The van der Waals surface area contributed by atoms with Crippen molar-refractivity contribution < 1.29 is 4.79 Å². The summed E-state index contributed by atoms with van der Waals surface area (Å²) in [6, 6.07) is 0. The van der Waals surface area contributed by atoms with Crippen LogP contribution in [0.5, 0.6) is 0 Å². The number of hydrogen-bond donors (Lipinski definition) is 1. The number of carbonyl (C=O) groups excluding carboxylic acids is 1. The molecule has 112 valence electrons. The Morgan fingerprint density at radius 1 is 1.42 bits per heavy atom. The van der Waals surface area contributed by atoms with E-state index in [0.29, 0.717) is 12.3 Å². The van der Waals surface area contributed by atoms with Crippen molar-refractivity contribution in [2.75, 3.05) is 26.5 Å². The van der Waals surface area contributed by atoms with Crippen LogP contribution in [-0.4, -0.2) is 42.9 Å². The highest BCUT2D eigenvalue weighted by molar-refractivity contribution is 6.17. The molecule has 0 aromatic heterocycles. The molecule has 0 aromatic rings. The van der Waals surface area contributed by atoms with Gasteiger partial charge in [0.15, 0.2) is 0 Å². The first-order valence-corrected chi connectivity index (χ1v) is 8.04. The van der Waals surface area contributed by atoms with E-state index in [1.807, 2.05) is 0 Å². The summed E-state index contributed by atoms with van der Waals surface area (Å²) in [7, 11) is 4.27. The van der Waals surface area contributed by atoms with E-state index in [0.717, 1.165) is 25.3 Å². The molecular weight excluding hydrogens is 260 g/mol. The lowest BCUT2D eigenvalue weighted by molar-refractivity contribution is -0.122. The molecule has 0 spiro atoms. The molecule has 0 radical (unpaired) electrons. The molecule has 0 saturated heterocycles. The zero-order valence-corrected chi connectivity index (χ0v) is 13.4. The number of unbranched alkanes of at least 4 members (excludes halogenated alkanes) is 1. The van der Waals surface area contributed by atoms with Crippen LogP contribution in [0.25, 0.3) is 0 Å². The minimum absolute atomic E-state index is 0.153. The largest absolute Gasteiger partial charge is 0.354 e. The van der Waals surface area contributed by atoms with E-state index in [9.17, 15) is 4.79 Å². The second-order valence-electron chi connectivity index (χ2n) is 6.24. The van der Waals surface area contributed by atoms with Crippen LogP contribution in [0.15, 0.2) is 0 Å². The van der Waals surface area contributed by atoms with Crippen molar-refractivity contribution in [1.82, 2.24) is 10.2 Å². The Morgan fingerprint density at radius 2 is 2.16 bits per heavy atom. The van der Waals surface area contributed by atoms with Crippen LogP contribution in [0.1, 0.15) is 51.9 Å². The van der Waals surface area contributed by atoms with Crippen LogP contribution in [0.4, 0.5) is 0 Å². The van der Waals surface area contributed by atoms with E-state index >= 15 is 0 Å². The fourth-order valence-corrected chi connectivity index (χ4v) is 3.28. The van der Waals surface area contributed by atoms with Gasteiger partial charge in [0.05, 0.1) is 0 Å². The molecule has 19 heavy (non-hydrogen) atoms. The summed E-state index contributed by atoms with van der Waals surface area (Å²) in [5.74, 6) is 1.57. The third-order valence-corrected chi connectivity index (χ3v) is 4.69. The maximum absolute atomic E-state index is 11.8. The van der Waals surface area contributed by atoms with Gasteiger partial charge in [0, 0.05) is 24.4 Å². The SMILES string of the molecule is CC1CCCC(CNC(=O)CCCCCl)(N(C)C)C1. The second kappa shape index (κ2) is 8.11. The molecule has 1 rings (SSSR count). The zero-order chi connectivity index (χ0) is 14.3. The lowest BCUT2D eigenvalue weighted by atomic mass is 9.75. The zero-order valence-electron chi connectivity index (χ0n) is 12.7. The first-order chi connectivity index (χ1) is 9.00. The molecule has 2 atom stereocenters. The van der Waals surface area contributed by atoms with Crippen molar-refractivity contribution in [3.63, 3.8) is 0 Å². The van der Waals surface area contributed by atoms with E-state index in [1.165, 1.54) is 25.7 Å². The van der Waals surface area contributed by atoms with Crippen molar-refractivity contribution in [1.29, 1.82) is 0 Å². The van der Waals surface area contributed by atoms with Crippen molar-refractivity contribution in [2.45, 2.75) is 57.4 Å².